The van der Waals surface area contributed by atoms with Gasteiger partial charge < -0.3 is 10.1 Å². The molecule has 0 saturated heterocycles. The van der Waals surface area contributed by atoms with Crippen LogP contribution in [-0.4, -0.2) is 19.0 Å². The monoisotopic (exact) mass is 347 g/mol. The fourth-order valence-corrected chi connectivity index (χ4v) is 2.22. The molecule has 0 unspecified atom stereocenters. The van der Waals surface area contributed by atoms with Gasteiger partial charge in [0.25, 0.3) is 5.91 Å². The molecule has 2 rings (SSSR count). The number of nitrogens with one attached hydrogen (secondary N) is 1. The van der Waals surface area contributed by atoms with E-state index in [1.54, 1.807) is 36.4 Å². The number of carbonyl (C=O) groups is 2. The van der Waals surface area contributed by atoms with Gasteiger partial charge in [-0.3, -0.25) is 4.79 Å². The minimum absolute atomic E-state index is 0.235. The van der Waals surface area contributed by atoms with Gasteiger partial charge in [-0.2, -0.15) is 0 Å². The molecule has 5 heteroatoms. The van der Waals surface area contributed by atoms with Gasteiger partial charge in [0, 0.05) is 15.7 Å². The Kier molecular flexibility index (Phi) is 4.75. The average molecular weight is 348 g/mol. The van der Waals surface area contributed by atoms with Crippen LogP contribution in [0.2, 0.25) is 0 Å². The summed E-state index contributed by atoms with van der Waals surface area (Å²) < 4.78 is 5.51. The molecule has 2 aromatic rings. The van der Waals surface area contributed by atoms with E-state index >= 15 is 0 Å². The fourth-order valence-electron chi connectivity index (χ4n) is 1.83. The summed E-state index contributed by atoms with van der Waals surface area (Å²) >= 11 is 3.33. The van der Waals surface area contributed by atoms with E-state index in [-0.39, 0.29) is 5.91 Å². The van der Waals surface area contributed by atoms with Crippen LogP contribution in [0.1, 0.15) is 26.3 Å². The van der Waals surface area contributed by atoms with Gasteiger partial charge in [-0.25, -0.2) is 4.79 Å². The minimum Gasteiger partial charge on any atom is -0.465 e. The van der Waals surface area contributed by atoms with Crippen molar-refractivity contribution in [2.75, 3.05) is 12.4 Å². The van der Waals surface area contributed by atoms with Crippen molar-refractivity contribution in [3.8, 4) is 0 Å². The van der Waals surface area contributed by atoms with Gasteiger partial charge in [0.05, 0.1) is 12.7 Å². The molecule has 0 aliphatic carbocycles. The summed E-state index contributed by atoms with van der Waals surface area (Å²) in [6.45, 7) is 1.86. The van der Waals surface area contributed by atoms with Crippen molar-refractivity contribution in [2.45, 2.75) is 6.92 Å². The topological polar surface area (TPSA) is 55.4 Å². The Bertz CT molecular complexity index is 698. The van der Waals surface area contributed by atoms with E-state index in [0.29, 0.717) is 16.8 Å². The first-order valence-corrected chi connectivity index (χ1v) is 7.06. The largest absolute Gasteiger partial charge is 0.465 e. The van der Waals surface area contributed by atoms with Gasteiger partial charge in [0.1, 0.15) is 0 Å². The predicted octanol–water partition coefficient (Wildman–Crippen LogP) is 3.80. The number of rotatable bonds is 3. The zero-order valence-electron chi connectivity index (χ0n) is 11.6. The highest BCUT2D eigenvalue weighted by molar-refractivity contribution is 9.10. The summed E-state index contributed by atoms with van der Waals surface area (Å²) in [6.07, 6.45) is 0. The van der Waals surface area contributed by atoms with Gasteiger partial charge in [0.15, 0.2) is 0 Å². The number of methoxy groups -OCH3 is 1. The number of ether oxygens (including phenoxy) is 1. The third-order valence-corrected chi connectivity index (χ3v) is 3.49. The quantitative estimate of drug-likeness (QED) is 0.859. The molecule has 0 atom stereocenters. The number of hydrogen-bond acceptors (Lipinski definition) is 3. The van der Waals surface area contributed by atoms with Gasteiger partial charge in [-0.05, 0) is 42.8 Å². The SMILES string of the molecule is COC(=O)c1ccc(C)c(NC(=O)c2cccc(Br)c2)c1. The molecule has 0 spiro atoms. The summed E-state index contributed by atoms with van der Waals surface area (Å²) in [7, 11) is 1.32. The summed E-state index contributed by atoms with van der Waals surface area (Å²) in [5.41, 5.74) is 2.38. The Labute approximate surface area is 131 Å². The number of benzene rings is 2. The molecular weight excluding hydrogens is 334 g/mol. The van der Waals surface area contributed by atoms with Crippen LogP contribution in [0.3, 0.4) is 0 Å². The molecule has 1 N–H and O–H groups in total. The van der Waals surface area contributed by atoms with Gasteiger partial charge in [-0.1, -0.05) is 28.1 Å². The van der Waals surface area contributed by atoms with E-state index in [4.69, 9.17) is 0 Å². The molecule has 2 aromatic carbocycles. The molecule has 0 bridgehead atoms. The lowest BCUT2D eigenvalue weighted by Crippen LogP contribution is -2.13. The van der Waals surface area contributed by atoms with Crippen LogP contribution in [0, 0.1) is 6.92 Å². The van der Waals surface area contributed by atoms with Gasteiger partial charge >= 0.3 is 5.97 Å². The maximum absolute atomic E-state index is 12.2. The first kappa shape index (κ1) is 15.3. The number of anilines is 1. The van der Waals surface area contributed by atoms with Crippen LogP contribution in [0.15, 0.2) is 46.9 Å². The number of amides is 1. The molecule has 21 heavy (non-hydrogen) atoms. The third kappa shape index (κ3) is 3.70. The lowest BCUT2D eigenvalue weighted by Gasteiger charge is -2.10. The van der Waals surface area contributed by atoms with E-state index in [1.165, 1.54) is 7.11 Å². The maximum atomic E-state index is 12.2. The van der Waals surface area contributed by atoms with E-state index in [2.05, 4.69) is 26.0 Å². The Morgan fingerprint density at radius 2 is 1.86 bits per heavy atom. The van der Waals surface area contributed by atoms with Crippen molar-refractivity contribution < 1.29 is 14.3 Å². The molecule has 4 nitrogen and oxygen atoms in total. The van der Waals surface area contributed by atoms with E-state index in [1.807, 2.05) is 13.0 Å². The number of esters is 1. The second-order valence-electron chi connectivity index (χ2n) is 4.49. The maximum Gasteiger partial charge on any atom is 0.337 e. The number of aryl methyl sites for hydroxylation is 1. The van der Waals surface area contributed by atoms with Crippen molar-refractivity contribution in [1.82, 2.24) is 0 Å². The molecule has 0 aliphatic rings. The molecule has 0 fully saturated rings. The van der Waals surface area contributed by atoms with Crippen LogP contribution in [0.25, 0.3) is 0 Å². The Morgan fingerprint density at radius 1 is 1.10 bits per heavy atom. The number of hydrogen-bond donors (Lipinski definition) is 1. The van der Waals surface area contributed by atoms with Crippen molar-refractivity contribution >= 4 is 33.5 Å². The lowest BCUT2D eigenvalue weighted by atomic mass is 10.1. The van der Waals surface area contributed by atoms with Crippen LogP contribution in [0.4, 0.5) is 5.69 Å². The van der Waals surface area contributed by atoms with E-state index in [9.17, 15) is 9.59 Å². The highest BCUT2D eigenvalue weighted by Gasteiger charge is 2.11. The summed E-state index contributed by atoms with van der Waals surface area (Å²) in [5.74, 6) is -0.672. The van der Waals surface area contributed by atoms with Crippen LogP contribution in [-0.2, 0) is 4.74 Å². The minimum atomic E-state index is -0.437. The standard InChI is InChI=1S/C16H14BrNO3/c1-10-6-7-12(16(20)21-2)9-14(10)18-15(19)11-4-3-5-13(17)8-11/h3-9H,1-2H3,(H,18,19). The first-order chi connectivity index (χ1) is 10.0. The summed E-state index contributed by atoms with van der Waals surface area (Å²) in [4.78, 5) is 23.8. The lowest BCUT2D eigenvalue weighted by molar-refractivity contribution is 0.0600. The number of carbonyl (C=O) groups excluding carboxylic acids is 2. The molecule has 0 saturated carbocycles. The predicted molar refractivity (Wildman–Crippen MR) is 84.6 cm³/mol. The van der Waals surface area contributed by atoms with Gasteiger partial charge in [0.2, 0.25) is 0 Å². The van der Waals surface area contributed by atoms with Crippen molar-refractivity contribution in [3.63, 3.8) is 0 Å². The zero-order chi connectivity index (χ0) is 15.4. The normalized spacial score (nSPS) is 10.0. The second-order valence-corrected chi connectivity index (χ2v) is 5.40. The van der Waals surface area contributed by atoms with E-state index in [0.717, 1.165) is 10.0 Å². The smallest absolute Gasteiger partial charge is 0.337 e. The van der Waals surface area contributed by atoms with Crippen LogP contribution >= 0.6 is 15.9 Å². The van der Waals surface area contributed by atoms with Crippen molar-refractivity contribution in [2.24, 2.45) is 0 Å². The highest BCUT2D eigenvalue weighted by atomic mass is 79.9. The van der Waals surface area contributed by atoms with Crippen molar-refractivity contribution in [1.29, 1.82) is 0 Å². The Hall–Kier alpha value is -2.14. The van der Waals surface area contributed by atoms with Crippen LogP contribution < -0.4 is 5.32 Å². The number of halogens is 1. The fraction of sp³-hybridized carbons (Fsp3) is 0.125. The highest BCUT2D eigenvalue weighted by Crippen LogP contribution is 2.19. The summed E-state index contributed by atoms with van der Waals surface area (Å²) in [5, 5.41) is 2.81. The first-order valence-electron chi connectivity index (χ1n) is 6.27. The average Bonchev–Trinajstić information content (AvgIpc) is 2.48. The van der Waals surface area contributed by atoms with Crippen LogP contribution in [0.5, 0.6) is 0 Å². The molecule has 108 valence electrons. The summed E-state index contributed by atoms with van der Waals surface area (Å²) in [6, 6.07) is 12.1. The molecule has 0 aliphatic heterocycles. The molecule has 0 heterocycles. The third-order valence-electron chi connectivity index (χ3n) is 2.99. The van der Waals surface area contributed by atoms with Gasteiger partial charge in [-0.15, -0.1) is 0 Å². The second kappa shape index (κ2) is 6.54. The van der Waals surface area contributed by atoms with Crippen molar-refractivity contribution in [3.05, 3.63) is 63.6 Å². The zero-order valence-corrected chi connectivity index (χ0v) is 13.2. The van der Waals surface area contributed by atoms with E-state index < -0.39 is 5.97 Å². The molecule has 0 radical (unpaired) electrons. The Balaban J connectivity index is 2.26. The molecule has 1 amide bonds. The Morgan fingerprint density at radius 3 is 2.52 bits per heavy atom. The molecule has 0 aromatic heterocycles. The molecular formula is C16H14BrNO3.